The third kappa shape index (κ3) is 10.7. The van der Waals surface area contributed by atoms with Crippen LogP contribution in [0.4, 0.5) is 0 Å². The van der Waals surface area contributed by atoms with Gasteiger partial charge in [-0.05, 0) is 0 Å². The lowest BCUT2D eigenvalue weighted by molar-refractivity contribution is 1.82. The molecular formula is C6H14Si. The summed E-state index contributed by atoms with van der Waals surface area (Å²) in [7, 11) is -1.10. The van der Waals surface area contributed by atoms with Crippen molar-refractivity contribution in [3.63, 3.8) is 0 Å². The fraction of sp³-hybridized carbons (Fsp3) is 0.667. The first kappa shape index (κ1) is 9.91. The van der Waals surface area contributed by atoms with Crippen LogP contribution < -0.4 is 0 Å². The van der Waals surface area contributed by atoms with E-state index in [1.165, 1.54) is 0 Å². The van der Waals surface area contributed by atoms with E-state index in [1.54, 1.807) is 0 Å². The molecule has 0 radical (unpaired) electrons. The Morgan fingerprint density at radius 2 is 1.43 bits per heavy atom. The Morgan fingerprint density at radius 3 is 1.43 bits per heavy atom. The van der Waals surface area contributed by atoms with E-state index < -0.39 is 8.07 Å². The van der Waals surface area contributed by atoms with Crippen molar-refractivity contribution in [2.75, 3.05) is 0 Å². The van der Waals surface area contributed by atoms with E-state index in [0.29, 0.717) is 0 Å². The normalized spacial score (nSPS) is 8.86. The number of hydrogen-bond donors (Lipinski definition) is 0. The van der Waals surface area contributed by atoms with Crippen molar-refractivity contribution in [1.29, 1.82) is 0 Å². The number of rotatable bonds is 0. The lowest BCUT2D eigenvalue weighted by Gasteiger charge is -2.00. The minimum Gasteiger partial charge on any atom is -0.135 e. The van der Waals surface area contributed by atoms with Crippen molar-refractivity contribution >= 4 is 8.07 Å². The maximum atomic E-state index is 5.12. The van der Waals surface area contributed by atoms with Gasteiger partial charge in [0.25, 0.3) is 0 Å². The lowest BCUT2D eigenvalue weighted by Crippen LogP contribution is -2.15. The van der Waals surface area contributed by atoms with Crippen molar-refractivity contribution in [1.82, 2.24) is 0 Å². The average molecular weight is 114 g/mol. The Morgan fingerprint density at radius 1 is 1.29 bits per heavy atom. The molecule has 0 heterocycles. The van der Waals surface area contributed by atoms with Crippen LogP contribution in [0.5, 0.6) is 0 Å². The van der Waals surface area contributed by atoms with E-state index in [9.17, 15) is 0 Å². The second-order valence-electron chi connectivity index (χ2n) is 2.39. The molecule has 0 aliphatic heterocycles. The summed E-state index contributed by atoms with van der Waals surface area (Å²) < 4.78 is 0. The molecule has 0 bridgehead atoms. The van der Waals surface area contributed by atoms with Gasteiger partial charge in [-0.25, -0.2) is 0 Å². The Hall–Kier alpha value is -0.223. The Bertz CT molecular complexity index is 71.2. The largest absolute Gasteiger partial charge is 0.135 e. The van der Waals surface area contributed by atoms with Crippen LogP contribution in [0.15, 0.2) is 0 Å². The minimum atomic E-state index is -1.10. The van der Waals surface area contributed by atoms with Crippen molar-refractivity contribution in [2.24, 2.45) is 0 Å². The van der Waals surface area contributed by atoms with Crippen molar-refractivity contribution in [3.05, 3.63) is 0 Å². The molecule has 0 aliphatic rings. The van der Waals surface area contributed by atoms with Gasteiger partial charge in [-0.3, -0.25) is 0 Å². The molecule has 0 amide bonds. The Labute approximate surface area is 48.0 Å². The van der Waals surface area contributed by atoms with Gasteiger partial charge >= 0.3 is 0 Å². The summed E-state index contributed by atoms with van der Waals surface area (Å²) in [5.74, 6) is 0. The highest BCUT2D eigenvalue weighted by molar-refractivity contribution is 6.83. The van der Waals surface area contributed by atoms with Gasteiger partial charge < -0.3 is 0 Å². The monoisotopic (exact) mass is 114 g/mol. The first-order chi connectivity index (χ1) is 2.56. The van der Waals surface area contributed by atoms with Gasteiger partial charge in [-0.15, -0.1) is 12.0 Å². The Kier molecular flexibility index (Phi) is 4.06. The molecule has 0 rings (SSSR count). The summed E-state index contributed by atoms with van der Waals surface area (Å²) in [6.45, 7) is 6.44. The smallest absolute Gasteiger partial charge is 0.128 e. The number of terminal acetylenes is 1. The van der Waals surface area contributed by atoms with Crippen molar-refractivity contribution in [3.8, 4) is 12.0 Å². The third-order valence-electron chi connectivity index (χ3n) is 0.433. The molecular weight excluding hydrogens is 100 g/mol. The van der Waals surface area contributed by atoms with Crippen molar-refractivity contribution < 1.29 is 0 Å². The Balaban J connectivity index is 0. The van der Waals surface area contributed by atoms with Gasteiger partial charge in [0.15, 0.2) is 0 Å². The molecule has 1 heteroatoms. The van der Waals surface area contributed by atoms with Gasteiger partial charge in [0.1, 0.15) is 8.07 Å². The maximum absolute atomic E-state index is 5.12. The molecule has 0 spiro atoms. The maximum Gasteiger partial charge on any atom is 0.128 e. The highest BCUT2D eigenvalue weighted by Gasteiger charge is 2.05. The minimum absolute atomic E-state index is 0. The molecule has 0 saturated carbocycles. The molecule has 0 aromatic heterocycles. The molecule has 7 heavy (non-hydrogen) atoms. The summed E-state index contributed by atoms with van der Waals surface area (Å²) in [6.07, 6.45) is 5.12. The van der Waals surface area contributed by atoms with E-state index in [4.69, 9.17) is 6.42 Å². The van der Waals surface area contributed by atoms with Gasteiger partial charge in [0, 0.05) is 0 Å². The fourth-order valence-electron chi connectivity index (χ4n) is 0. The topological polar surface area (TPSA) is 0 Å². The predicted molar refractivity (Wildman–Crippen MR) is 38.9 cm³/mol. The summed E-state index contributed by atoms with van der Waals surface area (Å²) in [6, 6.07) is 0. The zero-order valence-corrected chi connectivity index (χ0v) is 5.58. The summed E-state index contributed by atoms with van der Waals surface area (Å²) in [4.78, 5) is 0. The second kappa shape index (κ2) is 2.87. The molecule has 0 N–H and O–H groups in total. The van der Waals surface area contributed by atoms with Gasteiger partial charge in [-0.1, -0.05) is 27.1 Å². The van der Waals surface area contributed by atoms with Crippen molar-refractivity contribution in [2.45, 2.75) is 27.1 Å². The molecule has 0 atom stereocenters. The zero-order valence-electron chi connectivity index (χ0n) is 4.58. The van der Waals surface area contributed by atoms with E-state index >= 15 is 0 Å². The number of hydrogen-bond acceptors (Lipinski definition) is 0. The molecule has 0 nitrogen and oxygen atoms in total. The van der Waals surface area contributed by atoms with Crippen LogP contribution in [-0.2, 0) is 0 Å². The van der Waals surface area contributed by atoms with E-state index in [2.05, 4.69) is 25.2 Å². The lowest BCUT2D eigenvalue weighted by atomic mass is 11.4. The predicted octanol–water partition coefficient (Wildman–Crippen LogP) is 2.13. The molecule has 0 aliphatic carbocycles. The second-order valence-corrected chi connectivity index (χ2v) is 7.18. The molecule has 0 aromatic rings. The first-order valence-corrected chi connectivity index (χ1v) is 5.54. The zero-order chi connectivity index (χ0) is 5.21. The first-order valence-electron chi connectivity index (χ1n) is 2.04. The van der Waals surface area contributed by atoms with Gasteiger partial charge in [-0.2, -0.15) is 0 Å². The van der Waals surface area contributed by atoms with Crippen LogP contribution >= 0.6 is 0 Å². The van der Waals surface area contributed by atoms with Gasteiger partial charge in [0.05, 0.1) is 0 Å². The van der Waals surface area contributed by atoms with Crippen LogP contribution in [0, 0.1) is 12.0 Å². The van der Waals surface area contributed by atoms with Crippen LogP contribution in [0.2, 0.25) is 19.6 Å². The van der Waals surface area contributed by atoms with E-state index in [1.807, 2.05) is 0 Å². The van der Waals surface area contributed by atoms with E-state index in [-0.39, 0.29) is 7.43 Å². The summed E-state index contributed by atoms with van der Waals surface area (Å²) in [5, 5.41) is 0. The average Bonchev–Trinajstić information content (AvgIpc) is 1.35. The van der Waals surface area contributed by atoms with Crippen LogP contribution in [0.3, 0.4) is 0 Å². The highest BCUT2D eigenvalue weighted by atomic mass is 28.3. The summed E-state index contributed by atoms with van der Waals surface area (Å²) >= 11 is 0. The SMILES string of the molecule is C.C#C[Si](C)(C)C. The van der Waals surface area contributed by atoms with Gasteiger partial charge in [0.2, 0.25) is 0 Å². The quantitative estimate of drug-likeness (QED) is 0.334. The molecule has 0 aromatic carbocycles. The van der Waals surface area contributed by atoms with E-state index in [0.717, 1.165) is 0 Å². The standard InChI is InChI=1S/C5H10Si.CH4/c1-5-6(2,3)4;/h1H,2-4H3;1H4. The molecule has 42 valence electrons. The third-order valence-corrected chi connectivity index (χ3v) is 1.30. The fourth-order valence-corrected chi connectivity index (χ4v) is 0. The van der Waals surface area contributed by atoms with Crippen LogP contribution in [-0.4, -0.2) is 8.07 Å². The summed E-state index contributed by atoms with van der Waals surface area (Å²) in [5.41, 5.74) is 2.74. The highest BCUT2D eigenvalue weighted by Crippen LogP contribution is 1.94. The van der Waals surface area contributed by atoms with Crippen LogP contribution in [0.25, 0.3) is 0 Å². The van der Waals surface area contributed by atoms with Crippen LogP contribution in [0.1, 0.15) is 7.43 Å². The molecule has 0 saturated heterocycles. The molecule has 0 fully saturated rings. The molecule has 0 unspecified atom stereocenters.